The van der Waals surface area contributed by atoms with E-state index < -0.39 is 0 Å². The Labute approximate surface area is 249 Å². The van der Waals surface area contributed by atoms with Crippen molar-refractivity contribution in [2.75, 3.05) is 11.5 Å². The van der Waals surface area contributed by atoms with Crippen molar-refractivity contribution in [3.8, 4) is 0 Å². The van der Waals surface area contributed by atoms with Gasteiger partial charge in [-0.3, -0.25) is 0 Å². The van der Waals surface area contributed by atoms with Gasteiger partial charge < -0.3 is 9.47 Å². The quantitative estimate of drug-likeness (QED) is 0.149. The minimum atomic E-state index is -0.0763. The lowest BCUT2D eigenvalue weighted by molar-refractivity contribution is -0.0645. The van der Waals surface area contributed by atoms with Gasteiger partial charge in [0.15, 0.2) is 0 Å². The number of hydrogen-bond acceptors (Lipinski definition) is 4. The van der Waals surface area contributed by atoms with Crippen molar-refractivity contribution in [1.82, 2.24) is 0 Å². The maximum Gasteiger partial charge on any atom is 0.0943 e. The number of ether oxygens (including phenoxy) is 2. The van der Waals surface area contributed by atoms with E-state index in [1.54, 1.807) is 0 Å². The molecule has 0 heterocycles. The van der Waals surface area contributed by atoms with Gasteiger partial charge in [-0.2, -0.15) is 0 Å². The standard InChI is InChI=1S/C36H42O2S2/c1-25-17-27(3)33(28(4)18-25)21-37-35(23-39-31-13-9-7-10-14-31)36(24-40-32-15-11-8-12-16-32)38-22-34-29(5)19-26(2)20-30(34)6/h7-20,35-36H,21-24H2,1-6H3/t35-,36-/m0/s1. The van der Waals surface area contributed by atoms with Crippen LogP contribution in [0, 0.1) is 41.5 Å². The molecule has 0 aromatic heterocycles. The number of hydrogen-bond donors (Lipinski definition) is 0. The second kappa shape index (κ2) is 14.9. The maximum absolute atomic E-state index is 6.81. The molecule has 0 saturated carbocycles. The Morgan fingerprint density at radius 1 is 0.500 bits per heavy atom. The summed E-state index contributed by atoms with van der Waals surface area (Å²) in [5, 5.41) is 0. The number of aryl methyl sites for hydroxylation is 6. The summed E-state index contributed by atoms with van der Waals surface area (Å²) in [4.78, 5) is 2.50. The van der Waals surface area contributed by atoms with Gasteiger partial charge in [-0.05, 0) is 99.2 Å². The average Bonchev–Trinajstić information content (AvgIpc) is 2.92. The highest BCUT2D eigenvalue weighted by Gasteiger charge is 2.25. The van der Waals surface area contributed by atoms with Gasteiger partial charge in [-0.25, -0.2) is 0 Å². The lowest BCUT2D eigenvalue weighted by Crippen LogP contribution is -2.36. The van der Waals surface area contributed by atoms with Crippen molar-refractivity contribution >= 4 is 23.5 Å². The third-order valence-corrected chi connectivity index (χ3v) is 9.50. The molecule has 4 rings (SSSR count). The largest absolute Gasteiger partial charge is 0.370 e. The molecule has 0 radical (unpaired) electrons. The Morgan fingerprint density at radius 2 is 0.825 bits per heavy atom. The van der Waals surface area contributed by atoms with Crippen molar-refractivity contribution in [1.29, 1.82) is 0 Å². The molecule has 4 aromatic carbocycles. The van der Waals surface area contributed by atoms with Crippen LogP contribution in [0.4, 0.5) is 0 Å². The molecule has 0 aliphatic heterocycles. The lowest BCUT2D eigenvalue weighted by atomic mass is 10.0. The summed E-state index contributed by atoms with van der Waals surface area (Å²) in [6.07, 6.45) is -0.153. The zero-order valence-corrected chi connectivity index (χ0v) is 26.3. The van der Waals surface area contributed by atoms with Crippen molar-refractivity contribution in [2.45, 2.75) is 76.8 Å². The SMILES string of the molecule is Cc1cc(C)c(CO[C@@H](CSc2ccccc2)[C@H](CSc2ccccc2)OCc2c(C)cc(C)cc2C)c(C)c1. The molecular formula is C36H42O2S2. The average molecular weight is 571 g/mol. The summed E-state index contributed by atoms with van der Waals surface area (Å²) < 4.78 is 13.6. The summed E-state index contributed by atoms with van der Waals surface area (Å²) in [5.41, 5.74) is 10.3. The third kappa shape index (κ3) is 8.75. The molecule has 40 heavy (non-hydrogen) atoms. The first-order chi connectivity index (χ1) is 19.3. The van der Waals surface area contributed by atoms with Crippen LogP contribution >= 0.6 is 23.5 Å². The molecule has 0 N–H and O–H groups in total. The highest BCUT2D eigenvalue weighted by molar-refractivity contribution is 7.99. The molecule has 0 unspecified atom stereocenters. The van der Waals surface area contributed by atoms with Crippen LogP contribution in [0.5, 0.6) is 0 Å². The summed E-state index contributed by atoms with van der Waals surface area (Å²) in [6, 6.07) is 30.2. The highest BCUT2D eigenvalue weighted by atomic mass is 32.2. The molecule has 0 bridgehead atoms. The fourth-order valence-corrected chi connectivity index (χ4v) is 7.21. The van der Waals surface area contributed by atoms with Crippen LogP contribution in [-0.4, -0.2) is 23.7 Å². The zero-order chi connectivity index (χ0) is 28.5. The van der Waals surface area contributed by atoms with E-state index in [1.165, 1.54) is 54.3 Å². The van der Waals surface area contributed by atoms with E-state index in [2.05, 4.69) is 126 Å². The normalized spacial score (nSPS) is 12.8. The summed E-state index contributed by atoms with van der Waals surface area (Å²) >= 11 is 3.68. The van der Waals surface area contributed by atoms with E-state index in [4.69, 9.17) is 9.47 Å². The predicted molar refractivity (Wildman–Crippen MR) is 173 cm³/mol. The lowest BCUT2D eigenvalue weighted by Gasteiger charge is -2.29. The van der Waals surface area contributed by atoms with Gasteiger partial charge in [0.1, 0.15) is 0 Å². The minimum Gasteiger partial charge on any atom is -0.370 e. The first-order valence-corrected chi connectivity index (χ1v) is 16.0. The van der Waals surface area contributed by atoms with Gasteiger partial charge in [-0.1, -0.05) is 71.8 Å². The van der Waals surface area contributed by atoms with E-state index in [0.29, 0.717) is 13.2 Å². The minimum absolute atomic E-state index is 0.0763. The van der Waals surface area contributed by atoms with Gasteiger partial charge in [0, 0.05) is 21.3 Å². The Kier molecular flexibility index (Phi) is 11.4. The van der Waals surface area contributed by atoms with Crippen LogP contribution in [0.3, 0.4) is 0 Å². The second-order valence-electron chi connectivity index (χ2n) is 10.7. The van der Waals surface area contributed by atoms with Gasteiger partial charge in [0.25, 0.3) is 0 Å². The van der Waals surface area contributed by atoms with E-state index in [-0.39, 0.29) is 12.2 Å². The molecule has 0 fully saturated rings. The van der Waals surface area contributed by atoms with E-state index >= 15 is 0 Å². The monoisotopic (exact) mass is 570 g/mol. The Bertz CT molecular complexity index is 1220. The van der Waals surface area contributed by atoms with Crippen molar-refractivity contribution in [3.05, 3.63) is 129 Å². The molecule has 2 nitrogen and oxygen atoms in total. The third-order valence-electron chi connectivity index (χ3n) is 7.29. The van der Waals surface area contributed by atoms with E-state index in [0.717, 1.165) is 11.5 Å². The van der Waals surface area contributed by atoms with Gasteiger partial charge in [-0.15, -0.1) is 23.5 Å². The molecular weight excluding hydrogens is 529 g/mol. The number of benzene rings is 4. The number of thioether (sulfide) groups is 2. The topological polar surface area (TPSA) is 18.5 Å². The van der Waals surface area contributed by atoms with Crippen LogP contribution in [0.15, 0.2) is 94.7 Å². The molecule has 0 spiro atoms. The van der Waals surface area contributed by atoms with Crippen LogP contribution < -0.4 is 0 Å². The highest BCUT2D eigenvalue weighted by Crippen LogP contribution is 2.28. The Balaban J connectivity index is 1.59. The number of rotatable bonds is 13. The maximum atomic E-state index is 6.81. The van der Waals surface area contributed by atoms with Crippen molar-refractivity contribution in [2.24, 2.45) is 0 Å². The smallest absolute Gasteiger partial charge is 0.0943 e. The molecule has 210 valence electrons. The first-order valence-electron chi connectivity index (χ1n) is 14.0. The van der Waals surface area contributed by atoms with E-state index in [9.17, 15) is 0 Å². The predicted octanol–water partition coefficient (Wildman–Crippen LogP) is 9.59. The summed E-state index contributed by atoms with van der Waals surface area (Å²) in [5.74, 6) is 1.64. The molecule has 4 heteroatoms. The fourth-order valence-electron chi connectivity index (χ4n) is 5.17. The Morgan fingerprint density at radius 3 is 1.15 bits per heavy atom. The molecule has 4 aromatic rings. The molecule has 0 amide bonds. The van der Waals surface area contributed by atoms with Crippen LogP contribution in [-0.2, 0) is 22.7 Å². The van der Waals surface area contributed by atoms with Gasteiger partial charge >= 0.3 is 0 Å². The van der Waals surface area contributed by atoms with Crippen LogP contribution in [0.25, 0.3) is 0 Å². The molecule has 2 atom stereocenters. The fraction of sp³-hybridized carbons (Fsp3) is 0.333. The van der Waals surface area contributed by atoms with Crippen molar-refractivity contribution < 1.29 is 9.47 Å². The Hall–Kier alpha value is -2.50. The summed E-state index contributed by atoms with van der Waals surface area (Å²) in [7, 11) is 0. The zero-order valence-electron chi connectivity index (χ0n) is 24.7. The molecule has 0 aliphatic carbocycles. The van der Waals surface area contributed by atoms with Gasteiger partial charge in [0.05, 0.1) is 25.4 Å². The van der Waals surface area contributed by atoms with Crippen LogP contribution in [0.1, 0.15) is 44.5 Å². The van der Waals surface area contributed by atoms with Gasteiger partial charge in [0.2, 0.25) is 0 Å². The second-order valence-corrected chi connectivity index (χ2v) is 12.9. The van der Waals surface area contributed by atoms with Crippen LogP contribution in [0.2, 0.25) is 0 Å². The summed E-state index contributed by atoms with van der Waals surface area (Å²) in [6.45, 7) is 14.2. The first kappa shape index (κ1) is 30.5. The molecule has 0 aliphatic rings. The van der Waals surface area contributed by atoms with Crippen molar-refractivity contribution in [3.63, 3.8) is 0 Å². The van der Waals surface area contributed by atoms with E-state index in [1.807, 2.05) is 23.5 Å². The molecule has 0 saturated heterocycles.